The number of aryl methyl sites for hydroxylation is 1. The van der Waals surface area contributed by atoms with Crippen LogP contribution in [0, 0.1) is 0 Å². The molecule has 0 aliphatic carbocycles. The molecule has 1 rings (SSSR count). The Morgan fingerprint density at radius 2 is 2.54 bits per heavy atom. The van der Waals surface area contributed by atoms with Gasteiger partial charge in [-0.25, -0.2) is 0 Å². The third-order valence-corrected chi connectivity index (χ3v) is 2.44. The highest BCUT2D eigenvalue weighted by molar-refractivity contribution is 7.99. The first kappa shape index (κ1) is 10.1. The molecule has 0 amide bonds. The molecule has 0 N–H and O–H groups in total. The van der Waals surface area contributed by atoms with Crippen LogP contribution in [0.1, 0.15) is 6.42 Å². The molecule has 0 aliphatic rings. The van der Waals surface area contributed by atoms with Crippen molar-refractivity contribution in [3.63, 3.8) is 0 Å². The molecule has 5 heteroatoms. The molecule has 0 bridgehead atoms. The Bertz CT molecular complexity index is 285. The third-order valence-electron chi connectivity index (χ3n) is 1.48. The molecule has 0 atom stereocenters. The fourth-order valence-electron chi connectivity index (χ4n) is 0.828. The zero-order chi connectivity index (χ0) is 9.68. The molecule has 1 aromatic heterocycles. The van der Waals surface area contributed by atoms with Crippen LogP contribution in [0.5, 0.6) is 0 Å². The number of methoxy groups -OCH3 is 1. The van der Waals surface area contributed by atoms with Gasteiger partial charge in [-0.05, 0) is 0 Å². The van der Waals surface area contributed by atoms with Crippen LogP contribution in [0.2, 0.25) is 0 Å². The maximum atomic E-state index is 10.8. The average Bonchev–Trinajstić information content (AvgIpc) is 2.51. The van der Waals surface area contributed by atoms with Crippen LogP contribution in [0.3, 0.4) is 0 Å². The van der Waals surface area contributed by atoms with E-state index in [0.717, 1.165) is 10.6 Å². The molecule has 0 radical (unpaired) electrons. The van der Waals surface area contributed by atoms with Crippen molar-refractivity contribution in [3.8, 4) is 0 Å². The fourth-order valence-corrected chi connectivity index (χ4v) is 1.68. The lowest BCUT2D eigenvalue weighted by Crippen LogP contribution is -2.00. The van der Waals surface area contributed by atoms with Gasteiger partial charge in [-0.3, -0.25) is 9.48 Å². The number of carbonyl (C=O) groups is 1. The molecular formula is C8H12N2O2S. The maximum Gasteiger partial charge on any atom is 0.306 e. The van der Waals surface area contributed by atoms with E-state index >= 15 is 0 Å². The molecule has 4 nitrogen and oxygen atoms in total. The summed E-state index contributed by atoms with van der Waals surface area (Å²) >= 11 is 1.60. The van der Waals surface area contributed by atoms with Crippen molar-refractivity contribution in [2.45, 2.75) is 11.3 Å². The number of carbonyl (C=O) groups excluding carboxylic acids is 1. The summed E-state index contributed by atoms with van der Waals surface area (Å²) in [6, 6.07) is 0. The van der Waals surface area contributed by atoms with Crippen molar-refractivity contribution in [2.75, 3.05) is 12.9 Å². The topological polar surface area (TPSA) is 44.1 Å². The minimum absolute atomic E-state index is 0.170. The minimum Gasteiger partial charge on any atom is -0.469 e. The number of hydrogen-bond donors (Lipinski definition) is 0. The molecule has 0 aromatic carbocycles. The van der Waals surface area contributed by atoms with E-state index in [1.54, 1.807) is 22.6 Å². The SMILES string of the molecule is COC(=O)CCSc1cnn(C)c1. The number of nitrogens with zero attached hydrogens (tertiary/aromatic N) is 2. The summed E-state index contributed by atoms with van der Waals surface area (Å²) in [5.74, 6) is 0.564. The number of aromatic nitrogens is 2. The number of rotatable bonds is 4. The molecule has 1 heterocycles. The monoisotopic (exact) mass is 200 g/mol. The highest BCUT2D eigenvalue weighted by Gasteiger charge is 2.01. The summed E-state index contributed by atoms with van der Waals surface area (Å²) in [4.78, 5) is 11.8. The highest BCUT2D eigenvalue weighted by atomic mass is 32.2. The van der Waals surface area contributed by atoms with Gasteiger partial charge in [0.1, 0.15) is 0 Å². The number of thioether (sulfide) groups is 1. The Morgan fingerprint density at radius 3 is 3.08 bits per heavy atom. The van der Waals surface area contributed by atoms with Crippen LogP contribution in [-0.4, -0.2) is 28.6 Å². The largest absolute Gasteiger partial charge is 0.469 e. The fraction of sp³-hybridized carbons (Fsp3) is 0.500. The summed E-state index contributed by atoms with van der Waals surface area (Å²) < 4.78 is 6.26. The molecule has 72 valence electrons. The molecular weight excluding hydrogens is 188 g/mol. The van der Waals surface area contributed by atoms with Gasteiger partial charge in [0.05, 0.1) is 19.7 Å². The Kier molecular flexibility index (Phi) is 3.82. The normalized spacial score (nSPS) is 10.0. The standard InChI is InChI=1S/C8H12N2O2S/c1-10-6-7(5-9-10)13-4-3-8(11)12-2/h5-6H,3-4H2,1-2H3. The maximum absolute atomic E-state index is 10.8. The molecule has 0 saturated carbocycles. The molecule has 0 fully saturated rings. The Balaban J connectivity index is 2.24. The van der Waals surface area contributed by atoms with Crippen molar-refractivity contribution in [1.82, 2.24) is 9.78 Å². The molecule has 0 saturated heterocycles. The van der Waals surface area contributed by atoms with Gasteiger partial charge in [0.2, 0.25) is 0 Å². The molecule has 0 unspecified atom stereocenters. The predicted molar refractivity (Wildman–Crippen MR) is 50.6 cm³/mol. The van der Waals surface area contributed by atoms with Gasteiger partial charge in [0.25, 0.3) is 0 Å². The van der Waals surface area contributed by atoms with Crippen molar-refractivity contribution < 1.29 is 9.53 Å². The molecule has 1 aromatic rings. The lowest BCUT2D eigenvalue weighted by molar-refractivity contribution is -0.140. The van der Waals surface area contributed by atoms with E-state index in [-0.39, 0.29) is 5.97 Å². The van der Waals surface area contributed by atoms with E-state index in [0.29, 0.717) is 6.42 Å². The second-order valence-corrected chi connectivity index (χ2v) is 3.69. The van der Waals surface area contributed by atoms with E-state index in [9.17, 15) is 4.79 Å². The third kappa shape index (κ3) is 3.50. The Hall–Kier alpha value is -0.970. The van der Waals surface area contributed by atoms with E-state index in [1.807, 2.05) is 13.2 Å². The second kappa shape index (κ2) is 4.91. The summed E-state index contributed by atoms with van der Waals surface area (Å²) in [6.07, 6.45) is 4.14. The first-order valence-electron chi connectivity index (χ1n) is 3.90. The lowest BCUT2D eigenvalue weighted by atomic mass is 10.5. The molecule has 13 heavy (non-hydrogen) atoms. The van der Waals surface area contributed by atoms with E-state index < -0.39 is 0 Å². The minimum atomic E-state index is -0.170. The van der Waals surface area contributed by atoms with Crippen LogP contribution < -0.4 is 0 Å². The van der Waals surface area contributed by atoms with E-state index in [2.05, 4.69) is 9.84 Å². The zero-order valence-electron chi connectivity index (χ0n) is 7.69. The molecule has 0 aliphatic heterocycles. The number of ether oxygens (including phenoxy) is 1. The van der Waals surface area contributed by atoms with Gasteiger partial charge in [-0.1, -0.05) is 0 Å². The van der Waals surface area contributed by atoms with Crippen molar-refractivity contribution in [1.29, 1.82) is 0 Å². The van der Waals surface area contributed by atoms with Gasteiger partial charge in [-0.2, -0.15) is 5.10 Å². The van der Waals surface area contributed by atoms with Crippen molar-refractivity contribution in [2.24, 2.45) is 7.05 Å². The van der Waals surface area contributed by atoms with Gasteiger partial charge >= 0.3 is 5.97 Å². The van der Waals surface area contributed by atoms with Crippen LogP contribution in [0.4, 0.5) is 0 Å². The first-order chi connectivity index (χ1) is 6.22. The van der Waals surface area contributed by atoms with E-state index in [4.69, 9.17) is 0 Å². The van der Waals surface area contributed by atoms with Crippen molar-refractivity contribution in [3.05, 3.63) is 12.4 Å². The Morgan fingerprint density at radius 1 is 1.77 bits per heavy atom. The number of hydrogen-bond acceptors (Lipinski definition) is 4. The number of esters is 1. The average molecular weight is 200 g/mol. The lowest BCUT2D eigenvalue weighted by Gasteiger charge is -1.96. The van der Waals surface area contributed by atoms with Gasteiger partial charge in [0.15, 0.2) is 0 Å². The van der Waals surface area contributed by atoms with Gasteiger partial charge in [-0.15, -0.1) is 11.8 Å². The summed E-state index contributed by atoms with van der Waals surface area (Å²) in [6.45, 7) is 0. The summed E-state index contributed by atoms with van der Waals surface area (Å²) in [5, 5.41) is 4.01. The first-order valence-corrected chi connectivity index (χ1v) is 4.89. The zero-order valence-corrected chi connectivity index (χ0v) is 8.50. The predicted octanol–water partition coefficient (Wildman–Crippen LogP) is 1.08. The Labute approximate surface area is 81.3 Å². The highest BCUT2D eigenvalue weighted by Crippen LogP contribution is 2.16. The molecule has 0 spiro atoms. The van der Waals surface area contributed by atoms with Crippen LogP contribution >= 0.6 is 11.8 Å². The van der Waals surface area contributed by atoms with Gasteiger partial charge in [0, 0.05) is 23.9 Å². The van der Waals surface area contributed by atoms with Gasteiger partial charge < -0.3 is 4.74 Å². The van der Waals surface area contributed by atoms with E-state index in [1.165, 1.54) is 7.11 Å². The van der Waals surface area contributed by atoms with Crippen LogP contribution in [-0.2, 0) is 16.6 Å². The summed E-state index contributed by atoms with van der Waals surface area (Å²) in [7, 11) is 3.27. The smallest absolute Gasteiger partial charge is 0.306 e. The second-order valence-electron chi connectivity index (χ2n) is 2.52. The summed E-state index contributed by atoms with van der Waals surface area (Å²) in [5.41, 5.74) is 0. The van der Waals surface area contributed by atoms with Crippen LogP contribution in [0.25, 0.3) is 0 Å². The van der Waals surface area contributed by atoms with Crippen LogP contribution in [0.15, 0.2) is 17.3 Å². The van der Waals surface area contributed by atoms with Crippen molar-refractivity contribution >= 4 is 17.7 Å². The quantitative estimate of drug-likeness (QED) is 0.539.